The SMILES string of the molecule is CCCCc1ccc(Nc2nc(=S)c3ncn([C@@H]4C[C@@H](O)[C@H](CO)O4)c3[nH]2)cc1. The van der Waals surface area contributed by atoms with Crippen LogP contribution in [-0.2, 0) is 11.2 Å². The zero-order valence-corrected chi connectivity index (χ0v) is 17.0. The number of anilines is 2. The van der Waals surface area contributed by atoms with Crippen LogP contribution < -0.4 is 5.32 Å². The van der Waals surface area contributed by atoms with Crippen molar-refractivity contribution in [3.63, 3.8) is 0 Å². The number of rotatable bonds is 7. The fourth-order valence-corrected chi connectivity index (χ4v) is 3.78. The molecule has 1 fully saturated rings. The van der Waals surface area contributed by atoms with E-state index in [0.717, 1.165) is 12.1 Å². The number of unbranched alkanes of at least 4 members (excludes halogenated alkanes) is 1. The van der Waals surface area contributed by atoms with Gasteiger partial charge >= 0.3 is 0 Å². The first-order valence-corrected chi connectivity index (χ1v) is 10.3. The number of imidazole rings is 1. The number of H-pyrrole nitrogens is 1. The highest BCUT2D eigenvalue weighted by Gasteiger charge is 2.35. The molecule has 8 nitrogen and oxygen atoms in total. The van der Waals surface area contributed by atoms with Crippen molar-refractivity contribution < 1.29 is 14.9 Å². The first-order chi connectivity index (χ1) is 14.1. The van der Waals surface area contributed by atoms with Gasteiger partial charge in [0, 0.05) is 12.1 Å². The second-order valence-corrected chi connectivity index (χ2v) is 7.67. The minimum Gasteiger partial charge on any atom is -0.394 e. The van der Waals surface area contributed by atoms with Gasteiger partial charge in [0.2, 0.25) is 5.95 Å². The Morgan fingerprint density at radius 1 is 1.34 bits per heavy atom. The average molecular weight is 416 g/mol. The van der Waals surface area contributed by atoms with Crippen molar-refractivity contribution in [1.29, 1.82) is 0 Å². The summed E-state index contributed by atoms with van der Waals surface area (Å²) in [5.74, 6) is 0.503. The van der Waals surface area contributed by atoms with Crippen molar-refractivity contribution in [1.82, 2.24) is 19.5 Å². The second-order valence-electron chi connectivity index (χ2n) is 7.28. The highest BCUT2D eigenvalue weighted by atomic mass is 32.1. The van der Waals surface area contributed by atoms with Crippen LogP contribution >= 0.6 is 12.2 Å². The summed E-state index contributed by atoms with van der Waals surface area (Å²) in [6.45, 7) is 1.95. The molecule has 1 aromatic carbocycles. The van der Waals surface area contributed by atoms with Crippen LogP contribution in [0.25, 0.3) is 11.2 Å². The number of hydrogen-bond acceptors (Lipinski definition) is 7. The van der Waals surface area contributed by atoms with E-state index in [9.17, 15) is 10.2 Å². The summed E-state index contributed by atoms with van der Waals surface area (Å²) in [4.78, 5) is 12.0. The van der Waals surface area contributed by atoms with Crippen molar-refractivity contribution in [2.75, 3.05) is 11.9 Å². The molecule has 0 amide bonds. The molecule has 4 rings (SSSR count). The lowest BCUT2D eigenvalue weighted by Gasteiger charge is -2.14. The predicted octanol–water partition coefficient (Wildman–Crippen LogP) is 3.22. The first kappa shape index (κ1) is 20.0. The largest absolute Gasteiger partial charge is 0.394 e. The Morgan fingerprint density at radius 2 is 2.14 bits per heavy atom. The number of aromatic nitrogens is 4. The van der Waals surface area contributed by atoms with Gasteiger partial charge in [0.25, 0.3) is 0 Å². The maximum Gasteiger partial charge on any atom is 0.207 e. The van der Waals surface area contributed by atoms with Crippen molar-refractivity contribution in [2.24, 2.45) is 0 Å². The minimum absolute atomic E-state index is 0.233. The van der Waals surface area contributed by atoms with Crippen LogP contribution in [0.5, 0.6) is 0 Å². The van der Waals surface area contributed by atoms with Crippen LogP contribution in [0.15, 0.2) is 30.6 Å². The molecular formula is C20H25N5O3S. The number of benzene rings is 1. The zero-order chi connectivity index (χ0) is 20.4. The van der Waals surface area contributed by atoms with Gasteiger partial charge in [0.1, 0.15) is 23.5 Å². The summed E-state index contributed by atoms with van der Waals surface area (Å²) in [6, 6.07) is 8.26. The summed E-state index contributed by atoms with van der Waals surface area (Å²) in [6.07, 6.45) is 3.63. The quantitative estimate of drug-likeness (QED) is 0.439. The Morgan fingerprint density at radius 3 is 2.83 bits per heavy atom. The van der Waals surface area contributed by atoms with Crippen molar-refractivity contribution in [2.45, 2.75) is 51.0 Å². The highest BCUT2D eigenvalue weighted by molar-refractivity contribution is 7.71. The van der Waals surface area contributed by atoms with Crippen LogP contribution in [0.1, 0.15) is 38.0 Å². The number of nitrogens with one attached hydrogen (secondary N) is 2. The third-order valence-corrected chi connectivity index (χ3v) is 5.46. The number of hydrogen-bond donors (Lipinski definition) is 4. The minimum atomic E-state index is -0.726. The average Bonchev–Trinajstić information content (AvgIpc) is 3.30. The molecule has 2 aromatic heterocycles. The van der Waals surface area contributed by atoms with Crippen LogP contribution in [-0.4, -0.2) is 48.5 Å². The first-order valence-electron chi connectivity index (χ1n) is 9.86. The monoisotopic (exact) mass is 415 g/mol. The Kier molecular flexibility index (Phi) is 5.91. The molecule has 4 N–H and O–H groups in total. The molecule has 1 aliphatic heterocycles. The summed E-state index contributed by atoms with van der Waals surface area (Å²) >= 11 is 5.41. The fraction of sp³-hybridized carbons (Fsp3) is 0.450. The van der Waals surface area contributed by atoms with E-state index in [0.29, 0.717) is 28.2 Å². The Hall–Kier alpha value is -2.33. The predicted molar refractivity (Wildman–Crippen MR) is 113 cm³/mol. The molecule has 3 heterocycles. The maximum absolute atomic E-state index is 10.0. The third kappa shape index (κ3) is 4.18. The molecule has 3 atom stereocenters. The Balaban J connectivity index is 1.59. The molecule has 1 saturated heterocycles. The van der Waals surface area contributed by atoms with Gasteiger partial charge in [-0.05, 0) is 30.5 Å². The van der Waals surface area contributed by atoms with Gasteiger partial charge in [0.15, 0.2) is 4.64 Å². The van der Waals surface area contributed by atoms with Gasteiger partial charge in [-0.3, -0.25) is 4.57 Å². The normalized spacial score (nSPS) is 21.7. The molecule has 0 saturated carbocycles. The van der Waals surface area contributed by atoms with E-state index in [1.807, 2.05) is 12.1 Å². The molecule has 0 spiro atoms. The molecular weight excluding hydrogens is 390 g/mol. The van der Waals surface area contributed by atoms with Gasteiger partial charge in [-0.15, -0.1) is 0 Å². The Labute approximate surface area is 173 Å². The van der Waals surface area contributed by atoms with Crippen molar-refractivity contribution in [3.05, 3.63) is 40.8 Å². The lowest BCUT2D eigenvalue weighted by molar-refractivity contribution is -0.0432. The van der Waals surface area contributed by atoms with Crippen LogP contribution in [0.4, 0.5) is 11.6 Å². The number of aryl methyl sites for hydroxylation is 1. The van der Waals surface area contributed by atoms with Crippen molar-refractivity contribution >= 4 is 35.0 Å². The summed E-state index contributed by atoms with van der Waals surface area (Å²) in [5, 5.41) is 22.6. The van der Waals surface area contributed by atoms with E-state index in [2.05, 4.69) is 39.3 Å². The molecule has 154 valence electrons. The number of aliphatic hydroxyl groups excluding tert-OH is 2. The molecule has 0 aliphatic carbocycles. The van der Waals surface area contributed by atoms with E-state index in [1.54, 1.807) is 10.9 Å². The van der Waals surface area contributed by atoms with Gasteiger partial charge in [0.05, 0.1) is 19.0 Å². The van der Waals surface area contributed by atoms with Gasteiger partial charge in [-0.2, -0.15) is 0 Å². The summed E-state index contributed by atoms with van der Waals surface area (Å²) in [7, 11) is 0. The van der Waals surface area contributed by atoms with Crippen LogP contribution in [0.2, 0.25) is 0 Å². The number of ether oxygens (including phenoxy) is 1. The summed E-state index contributed by atoms with van der Waals surface area (Å²) < 4.78 is 7.90. The van der Waals surface area contributed by atoms with E-state index in [4.69, 9.17) is 17.0 Å². The topological polar surface area (TPSA) is 108 Å². The zero-order valence-electron chi connectivity index (χ0n) is 16.2. The highest BCUT2D eigenvalue weighted by Crippen LogP contribution is 2.31. The number of aromatic amines is 1. The van der Waals surface area contributed by atoms with Crippen LogP contribution in [0, 0.1) is 4.64 Å². The molecule has 29 heavy (non-hydrogen) atoms. The van der Waals surface area contributed by atoms with Gasteiger partial charge in [-0.25, -0.2) is 9.97 Å². The van der Waals surface area contributed by atoms with E-state index < -0.39 is 18.4 Å². The lowest BCUT2D eigenvalue weighted by Crippen LogP contribution is -2.24. The van der Waals surface area contributed by atoms with Gasteiger partial charge < -0.3 is 25.3 Å². The summed E-state index contributed by atoms with van der Waals surface area (Å²) in [5.41, 5.74) is 3.43. The molecule has 0 bridgehead atoms. The van der Waals surface area contributed by atoms with Crippen LogP contribution in [0.3, 0.4) is 0 Å². The van der Waals surface area contributed by atoms with Gasteiger partial charge in [-0.1, -0.05) is 37.7 Å². The number of nitrogens with zero attached hydrogens (tertiary/aromatic N) is 3. The van der Waals surface area contributed by atoms with Crippen molar-refractivity contribution in [3.8, 4) is 0 Å². The third-order valence-electron chi connectivity index (χ3n) is 5.18. The molecule has 9 heteroatoms. The number of aliphatic hydroxyl groups is 2. The Bertz CT molecular complexity index is 1030. The molecule has 3 aromatic rings. The fourth-order valence-electron chi connectivity index (χ4n) is 3.54. The molecule has 0 unspecified atom stereocenters. The molecule has 0 radical (unpaired) electrons. The molecule has 1 aliphatic rings. The van der Waals surface area contributed by atoms with E-state index in [1.165, 1.54) is 18.4 Å². The number of fused-ring (bicyclic) bond motifs is 1. The van der Waals surface area contributed by atoms with E-state index in [-0.39, 0.29) is 6.61 Å². The second kappa shape index (κ2) is 8.58. The maximum atomic E-state index is 10.0. The van der Waals surface area contributed by atoms with E-state index >= 15 is 0 Å². The standard InChI is InChI=1S/C20H25N5O3S/c1-2-3-4-12-5-7-13(8-6-12)22-20-23-18-17(19(29)24-20)21-11-25(18)16-9-14(27)15(10-26)28-16/h5-8,11,14-16,26-27H,2-4,9-10H2,1H3,(H2,22,23,24,29)/t14-,15+,16+/m1/s1. The lowest BCUT2D eigenvalue weighted by atomic mass is 10.1. The smallest absolute Gasteiger partial charge is 0.207 e.